The molecule has 0 aromatic rings. The van der Waals surface area contributed by atoms with E-state index in [1.807, 2.05) is 0 Å². The van der Waals surface area contributed by atoms with Crippen molar-refractivity contribution in [2.24, 2.45) is 17.2 Å². The van der Waals surface area contributed by atoms with Gasteiger partial charge in [0.1, 0.15) is 36.6 Å². The van der Waals surface area contributed by atoms with Crippen molar-refractivity contribution in [3.05, 3.63) is 0 Å². The van der Waals surface area contributed by atoms with E-state index in [1.54, 1.807) is 0 Å². The zero-order valence-corrected chi connectivity index (χ0v) is 12.0. The number of hydrogen-bond acceptors (Lipinski definition) is 10. The highest BCUT2D eigenvalue weighted by atomic mass is 16.7. The average molecular weight is 323 g/mol. The van der Waals surface area contributed by atoms with Gasteiger partial charge in [-0.2, -0.15) is 0 Å². The molecule has 0 bridgehead atoms. The minimum atomic E-state index is -1.55. The molecule has 130 valence electrons. The van der Waals surface area contributed by atoms with Crippen LogP contribution in [0.5, 0.6) is 0 Å². The smallest absolute Gasteiger partial charge is 0.187 e. The second-order valence-electron chi connectivity index (χ2n) is 5.90. The van der Waals surface area contributed by atoms with Gasteiger partial charge in [-0.25, -0.2) is 0 Å². The SMILES string of the molecule is NC[C@H]1O[C@H](O[C@H]2[C@H](O)[C@H](O)[C@H](N)C[C@@H]2N)[C@H](O)[C@@H](O)[C@@H]1O. The summed E-state index contributed by atoms with van der Waals surface area (Å²) in [5.41, 5.74) is 16.9. The van der Waals surface area contributed by atoms with Crippen LogP contribution in [-0.4, -0.2) is 93.2 Å². The van der Waals surface area contributed by atoms with E-state index < -0.39 is 61.1 Å². The molecule has 0 radical (unpaired) electrons. The lowest BCUT2D eigenvalue weighted by Gasteiger charge is -2.45. The maximum Gasteiger partial charge on any atom is 0.187 e. The van der Waals surface area contributed by atoms with Gasteiger partial charge in [-0.15, -0.1) is 0 Å². The zero-order chi connectivity index (χ0) is 16.6. The van der Waals surface area contributed by atoms with E-state index in [1.165, 1.54) is 0 Å². The third kappa shape index (κ3) is 3.26. The molecule has 11 N–H and O–H groups in total. The van der Waals surface area contributed by atoms with Crippen LogP contribution in [0.2, 0.25) is 0 Å². The Morgan fingerprint density at radius 3 is 2.09 bits per heavy atom. The molecule has 10 heteroatoms. The predicted octanol–water partition coefficient (Wildman–Crippen LogP) is -5.08. The van der Waals surface area contributed by atoms with Gasteiger partial charge in [0.15, 0.2) is 6.29 Å². The number of rotatable bonds is 3. The molecule has 0 spiro atoms. The molecule has 0 aromatic heterocycles. The third-order valence-electron chi connectivity index (χ3n) is 4.28. The molecule has 1 heterocycles. The van der Waals surface area contributed by atoms with Crippen LogP contribution in [0.4, 0.5) is 0 Å². The Kier molecular flexibility index (Phi) is 5.72. The van der Waals surface area contributed by atoms with E-state index in [-0.39, 0.29) is 13.0 Å². The molecule has 0 amide bonds. The molecule has 22 heavy (non-hydrogen) atoms. The topological polar surface area (TPSA) is 198 Å². The first-order chi connectivity index (χ1) is 10.3. The first-order valence-electron chi connectivity index (χ1n) is 7.20. The summed E-state index contributed by atoms with van der Waals surface area (Å²) in [4.78, 5) is 0. The fourth-order valence-corrected chi connectivity index (χ4v) is 2.85. The van der Waals surface area contributed by atoms with E-state index in [0.29, 0.717) is 0 Å². The fraction of sp³-hybridized carbons (Fsp3) is 1.00. The highest BCUT2D eigenvalue weighted by Crippen LogP contribution is 2.27. The van der Waals surface area contributed by atoms with Crippen LogP contribution >= 0.6 is 0 Å². The van der Waals surface area contributed by atoms with Gasteiger partial charge in [0.2, 0.25) is 0 Å². The van der Waals surface area contributed by atoms with E-state index in [9.17, 15) is 25.5 Å². The third-order valence-corrected chi connectivity index (χ3v) is 4.28. The van der Waals surface area contributed by atoms with Crippen molar-refractivity contribution >= 4 is 0 Å². The summed E-state index contributed by atoms with van der Waals surface area (Å²) in [6, 6.07) is -1.38. The van der Waals surface area contributed by atoms with E-state index >= 15 is 0 Å². The summed E-state index contributed by atoms with van der Waals surface area (Å²) in [5, 5.41) is 49.3. The lowest BCUT2D eigenvalue weighted by molar-refractivity contribution is -0.318. The first-order valence-corrected chi connectivity index (χ1v) is 7.20. The number of aliphatic hydroxyl groups excluding tert-OH is 5. The molecule has 1 aliphatic carbocycles. The molecule has 1 saturated heterocycles. The van der Waals surface area contributed by atoms with Crippen molar-refractivity contribution in [3.8, 4) is 0 Å². The summed E-state index contributed by atoms with van der Waals surface area (Å²) >= 11 is 0. The normalized spacial score (nSPS) is 53.5. The summed E-state index contributed by atoms with van der Waals surface area (Å²) < 4.78 is 10.8. The van der Waals surface area contributed by atoms with Gasteiger partial charge < -0.3 is 52.2 Å². The molecular weight excluding hydrogens is 298 g/mol. The number of ether oxygens (including phenoxy) is 2. The fourth-order valence-electron chi connectivity index (χ4n) is 2.85. The van der Waals surface area contributed by atoms with Crippen molar-refractivity contribution in [1.29, 1.82) is 0 Å². The standard InChI is InChI=1S/C12H25N3O7/c13-2-5-7(17)8(18)10(20)12(21-5)22-11-4(15)1-3(14)6(16)9(11)19/h3-12,16-20H,1-2,13-15H2/t3-,4+,5-,6-,7-,8+,9-,10-,11-,12-/m1/s1. The summed E-state index contributed by atoms with van der Waals surface area (Å²) in [7, 11) is 0. The van der Waals surface area contributed by atoms with Crippen LogP contribution in [0.1, 0.15) is 6.42 Å². The Morgan fingerprint density at radius 1 is 0.864 bits per heavy atom. The highest BCUT2D eigenvalue weighted by molar-refractivity contribution is 4.99. The number of nitrogens with two attached hydrogens (primary N) is 3. The Bertz CT molecular complexity index is 375. The molecule has 1 aliphatic heterocycles. The van der Waals surface area contributed by atoms with Gasteiger partial charge >= 0.3 is 0 Å². The lowest BCUT2D eigenvalue weighted by Crippen LogP contribution is -2.65. The molecule has 2 fully saturated rings. The molecule has 2 aliphatic rings. The van der Waals surface area contributed by atoms with Gasteiger partial charge in [0.25, 0.3) is 0 Å². The Labute approximate surface area is 127 Å². The van der Waals surface area contributed by atoms with Crippen LogP contribution in [-0.2, 0) is 9.47 Å². The second kappa shape index (κ2) is 7.01. The minimum Gasteiger partial charge on any atom is -0.389 e. The van der Waals surface area contributed by atoms with Crippen molar-refractivity contribution in [1.82, 2.24) is 0 Å². The van der Waals surface area contributed by atoms with Crippen molar-refractivity contribution in [2.45, 2.75) is 67.5 Å². The molecule has 1 saturated carbocycles. The van der Waals surface area contributed by atoms with Crippen LogP contribution in [0.25, 0.3) is 0 Å². The van der Waals surface area contributed by atoms with Gasteiger partial charge in [0, 0.05) is 18.6 Å². The lowest BCUT2D eigenvalue weighted by atomic mass is 9.84. The summed E-state index contributed by atoms with van der Waals surface area (Å²) in [5.74, 6) is 0. The Morgan fingerprint density at radius 2 is 1.50 bits per heavy atom. The van der Waals surface area contributed by atoms with Crippen molar-refractivity contribution < 1.29 is 35.0 Å². The maximum atomic E-state index is 10.0. The van der Waals surface area contributed by atoms with Crippen LogP contribution in [0, 0.1) is 0 Å². The van der Waals surface area contributed by atoms with Gasteiger partial charge in [-0.1, -0.05) is 0 Å². The average Bonchev–Trinajstić information content (AvgIpc) is 2.49. The number of aliphatic hydroxyl groups is 5. The van der Waals surface area contributed by atoms with Crippen LogP contribution in [0.15, 0.2) is 0 Å². The van der Waals surface area contributed by atoms with E-state index in [0.717, 1.165) is 0 Å². The summed E-state index contributed by atoms with van der Waals surface area (Å²) in [6.07, 6.45) is -10.1. The number of hydrogen-bond donors (Lipinski definition) is 8. The van der Waals surface area contributed by atoms with E-state index in [2.05, 4.69) is 0 Å². The van der Waals surface area contributed by atoms with Gasteiger partial charge in [-0.05, 0) is 6.42 Å². The maximum absolute atomic E-state index is 10.0. The molecule has 2 rings (SSSR count). The Balaban J connectivity index is 2.08. The van der Waals surface area contributed by atoms with Crippen molar-refractivity contribution in [3.63, 3.8) is 0 Å². The quantitative estimate of drug-likeness (QED) is 0.248. The van der Waals surface area contributed by atoms with Crippen molar-refractivity contribution in [2.75, 3.05) is 6.54 Å². The molecule has 10 nitrogen and oxygen atoms in total. The second-order valence-corrected chi connectivity index (χ2v) is 5.90. The molecule has 0 aromatic carbocycles. The predicted molar refractivity (Wildman–Crippen MR) is 73.2 cm³/mol. The molecule has 0 unspecified atom stereocenters. The largest absolute Gasteiger partial charge is 0.389 e. The molecular formula is C12H25N3O7. The molecule has 10 atom stereocenters. The van der Waals surface area contributed by atoms with Crippen LogP contribution < -0.4 is 17.2 Å². The monoisotopic (exact) mass is 323 g/mol. The van der Waals surface area contributed by atoms with Gasteiger partial charge in [-0.3, -0.25) is 0 Å². The minimum absolute atomic E-state index is 0.0996. The highest BCUT2D eigenvalue weighted by Gasteiger charge is 2.48. The summed E-state index contributed by atoms with van der Waals surface area (Å²) in [6.45, 7) is -0.0996. The van der Waals surface area contributed by atoms with Gasteiger partial charge in [0.05, 0.1) is 6.10 Å². The zero-order valence-electron chi connectivity index (χ0n) is 12.0. The van der Waals surface area contributed by atoms with E-state index in [4.69, 9.17) is 26.7 Å². The first kappa shape index (κ1) is 17.9. The van der Waals surface area contributed by atoms with Crippen LogP contribution in [0.3, 0.4) is 0 Å². The Hall–Kier alpha value is -0.400.